The third kappa shape index (κ3) is 8.31. The summed E-state index contributed by atoms with van der Waals surface area (Å²) in [6.45, 7) is 13.1. The quantitative estimate of drug-likeness (QED) is 0.523. The molecule has 1 aromatic carbocycles. The molecule has 3 N–H and O–H groups in total. The molecule has 1 heterocycles. The van der Waals surface area contributed by atoms with Crippen LogP contribution in [0.1, 0.15) is 37.3 Å². The highest BCUT2D eigenvalue weighted by Crippen LogP contribution is 2.27. The maximum Gasteiger partial charge on any atom is 0.414 e. The Hall–Kier alpha value is -2.12. The van der Waals surface area contributed by atoms with Gasteiger partial charge in [-0.1, -0.05) is 26.0 Å². The number of hydrogen-bond acceptors (Lipinski definition) is 5. The lowest BCUT2D eigenvalue weighted by Gasteiger charge is -2.27. The van der Waals surface area contributed by atoms with Gasteiger partial charge in [-0.25, -0.2) is 9.59 Å². The first-order valence-corrected chi connectivity index (χ1v) is 8.94. The van der Waals surface area contributed by atoms with Gasteiger partial charge in [0.1, 0.15) is 5.75 Å². The first-order valence-electron chi connectivity index (χ1n) is 8.94. The summed E-state index contributed by atoms with van der Waals surface area (Å²) in [6.07, 6.45) is 1.10. The number of carbonyl (C=O) groups is 2. The van der Waals surface area contributed by atoms with Crippen LogP contribution in [0, 0.1) is 6.92 Å². The Kier molecular flexibility index (Phi) is 9.69. The standard InChI is InChI=1S/C17H28N2O.C2H2O4/c1-14(2)16-6-5-15(3)13-17(16)20-12-4-9-19-10-7-18-8-11-19;3-1(4)2(5)6/h5-6,13-14,18H,4,7-12H2,1-3H3;(H,3,4)(H,5,6). The number of hydrogen-bond donors (Lipinski definition) is 3. The lowest BCUT2D eigenvalue weighted by molar-refractivity contribution is -0.159. The molecule has 1 aliphatic rings. The van der Waals surface area contributed by atoms with Gasteiger partial charge in [-0.3, -0.25) is 0 Å². The van der Waals surface area contributed by atoms with Crippen molar-refractivity contribution in [1.82, 2.24) is 10.2 Å². The molecular weight excluding hydrogens is 336 g/mol. The van der Waals surface area contributed by atoms with Crippen molar-refractivity contribution in [2.75, 3.05) is 39.3 Å². The van der Waals surface area contributed by atoms with E-state index in [-0.39, 0.29) is 0 Å². The number of benzene rings is 1. The molecule has 0 bridgehead atoms. The summed E-state index contributed by atoms with van der Waals surface area (Å²) < 4.78 is 6.03. The number of rotatable bonds is 6. The lowest BCUT2D eigenvalue weighted by atomic mass is 10.0. The average molecular weight is 366 g/mol. The molecule has 0 aliphatic carbocycles. The molecule has 146 valence electrons. The Morgan fingerprint density at radius 1 is 1.19 bits per heavy atom. The number of aryl methyl sites for hydroxylation is 1. The largest absolute Gasteiger partial charge is 0.493 e. The van der Waals surface area contributed by atoms with Crippen molar-refractivity contribution in [3.05, 3.63) is 29.3 Å². The van der Waals surface area contributed by atoms with Crippen LogP contribution >= 0.6 is 0 Å². The molecule has 1 aliphatic heterocycles. The van der Waals surface area contributed by atoms with Crippen LogP contribution in [0.4, 0.5) is 0 Å². The number of nitrogens with zero attached hydrogens (tertiary/aromatic N) is 1. The molecule has 26 heavy (non-hydrogen) atoms. The van der Waals surface area contributed by atoms with Gasteiger partial charge in [0, 0.05) is 32.7 Å². The van der Waals surface area contributed by atoms with Crippen LogP contribution in [-0.4, -0.2) is 66.4 Å². The van der Waals surface area contributed by atoms with E-state index in [2.05, 4.69) is 49.2 Å². The minimum Gasteiger partial charge on any atom is -0.493 e. The number of carboxylic acids is 2. The lowest BCUT2D eigenvalue weighted by Crippen LogP contribution is -2.43. The van der Waals surface area contributed by atoms with E-state index in [9.17, 15) is 0 Å². The Balaban J connectivity index is 0.000000487. The summed E-state index contributed by atoms with van der Waals surface area (Å²) in [4.78, 5) is 20.7. The van der Waals surface area contributed by atoms with Crippen LogP contribution in [0.15, 0.2) is 18.2 Å². The number of piperazine rings is 1. The molecule has 0 spiro atoms. The Morgan fingerprint density at radius 3 is 2.35 bits per heavy atom. The van der Waals surface area contributed by atoms with Crippen LogP contribution in [-0.2, 0) is 9.59 Å². The van der Waals surface area contributed by atoms with Gasteiger partial charge in [0.25, 0.3) is 0 Å². The van der Waals surface area contributed by atoms with Crippen LogP contribution in [0.25, 0.3) is 0 Å². The summed E-state index contributed by atoms with van der Waals surface area (Å²) in [5.74, 6) is -2.07. The van der Waals surface area contributed by atoms with Crippen molar-refractivity contribution >= 4 is 11.9 Å². The van der Waals surface area contributed by atoms with E-state index in [0.29, 0.717) is 5.92 Å². The second kappa shape index (κ2) is 11.5. The summed E-state index contributed by atoms with van der Waals surface area (Å²) in [6, 6.07) is 6.54. The highest BCUT2D eigenvalue weighted by molar-refractivity contribution is 6.27. The molecule has 0 unspecified atom stereocenters. The van der Waals surface area contributed by atoms with Crippen LogP contribution in [0.5, 0.6) is 5.75 Å². The first-order chi connectivity index (χ1) is 12.3. The van der Waals surface area contributed by atoms with Crippen LogP contribution in [0.2, 0.25) is 0 Å². The summed E-state index contributed by atoms with van der Waals surface area (Å²) in [7, 11) is 0. The molecular formula is C19H30N2O5. The van der Waals surface area contributed by atoms with E-state index in [4.69, 9.17) is 24.5 Å². The third-order valence-electron chi connectivity index (χ3n) is 4.06. The molecule has 1 fully saturated rings. The third-order valence-corrected chi connectivity index (χ3v) is 4.06. The van der Waals surface area contributed by atoms with Crippen LogP contribution in [0.3, 0.4) is 0 Å². The predicted molar refractivity (Wildman–Crippen MR) is 100.0 cm³/mol. The van der Waals surface area contributed by atoms with E-state index in [1.54, 1.807) is 0 Å². The minimum absolute atomic E-state index is 0.513. The van der Waals surface area contributed by atoms with Gasteiger partial charge in [0.2, 0.25) is 0 Å². The van der Waals surface area contributed by atoms with Crippen LogP contribution < -0.4 is 10.1 Å². The summed E-state index contributed by atoms with van der Waals surface area (Å²) in [5, 5.41) is 18.2. The van der Waals surface area contributed by atoms with Gasteiger partial charge < -0.3 is 25.2 Å². The van der Waals surface area contributed by atoms with E-state index >= 15 is 0 Å². The van der Waals surface area contributed by atoms with Crippen molar-refractivity contribution in [3.8, 4) is 5.75 Å². The van der Waals surface area contributed by atoms with Crippen molar-refractivity contribution in [1.29, 1.82) is 0 Å². The molecule has 1 saturated heterocycles. The van der Waals surface area contributed by atoms with E-state index in [1.807, 2.05) is 0 Å². The number of ether oxygens (including phenoxy) is 1. The predicted octanol–water partition coefficient (Wildman–Crippen LogP) is 1.95. The average Bonchev–Trinajstić information content (AvgIpc) is 2.60. The minimum atomic E-state index is -1.82. The topological polar surface area (TPSA) is 99.1 Å². The molecule has 7 heteroatoms. The maximum atomic E-state index is 9.10. The SMILES string of the molecule is Cc1ccc(C(C)C)c(OCCCN2CCNCC2)c1.O=C(O)C(=O)O. The molecule has 0 aromatic heterocycles. The van der Waals surface area contributed by atoms with E-state index in [0.717, 1.165) is 38.4 Å². The fraction of sp³-hybridized carbons (Fsp3) is 0.579. The summed E-state index contributed by atoms with van der Waals surface area (Å²) in [5.41, 5.74) is 2.59. The highest BCUT2D eigenvalue weighted by Gasteiger charge is 2.10. The van der Waals surface area contributed by atoms with Gasteiger partial charge in [-0.2, -0.15) is 0 Å². The zero-order valence-electron chi connectivity index (χ0n) is 15.8. The summed E-state index contributed by atoms with van der Waals surface area (Å²) >= 11 is 0. The zero-order chi connectivity index (χ0) is 19.5. The van der Waals surface area contributed by atoms with Crippen molar-refractivity contribution < 1.29 is 24.5 Å². The Labute approximate surface area is 155 Å². The van der Waals surface area contributed by atoms with Crippen molar-refractivity contribution in [2.24, 2.45) is 0 Å². The Morgan fingerprint density at radius 2 is 1.81 bits per heavy atom. The molecule has 2 rings (SSSR count). The number of nitrogens with one attached hydrogen (secondary N) is 1. The first kappa shape index (κ1) is 21.9. The van der Waals surface area contributed by atoms with E-state index < -0.39 is 11.9 Å². The fourth-order valence-electron chi connectivity index (χ4n) is 2.65. The molecule has 0 atom stereocenters. The number of carboxylic acid groups (broad SMARTS) is 2. The molecule has 0 saturated carbocycles. The smallest absolute Gasteiger partial charge is 0.414 e. The van der Waals surface area contributed by atoms with Crippen molar-refractivity contribution in [2.45, 2.75) is 33.1 Å². The molecule has 7 nitrogen and oxygen atoms in total. The van der Waals surface area contributed by atoms with Gasteiger partial charge in [-0.05, 0) is 36.5 Å². The second-order valence-corrected chi connectivity index (χ2v) is 6.60. The van der Waals surface area contributed by atoms with Gasteiger partial charge in [0.15, 0.2) is 0 Å². The van der Waals surface area contributed by atoms with Gasteiger partial charge >= 0.3 is 11.9 Å². The number of aliphatic carboxylic acids is 2. The molecule has 0 radical (unpaired) electrons. The van der Waals surface area contributed by atoms with Gasteiger partial charge in [-0.15, -0.1) is 0 Å². The fourth-order valence-corrected chi connectivity index (χ4v) is 2.65. The second-order valence-electron chi connectivity index (χ2n) is 6.60. The maximum absolute atomic E-state index is 9.10. The Bertz CT molecular complexity index is 571. The monoisotopic (exact) mass is 366 g/mol. The molecule has 0 amide bonds. The highest BCUT2D eigenvalue weighted by atomic mass is 16.5. The normalized spacial score (nSPS) is 14.5. The van der Waals surface area contributed by atoms with Crippen molar-refractivity contribution in [3.63, 3.8) is 0 Å². The zero-order valence-corrected chi connectivity index (χ0v) is 15.8. The molecule has 1 aromatic rings. The van der Waals surface area contributed by atoms with E-state index in [1.165, 1.54) is 24.2 Å². The van der Waals surface area contributed by atoms with Gasteiger partial charge in [0.05, 0.1) is 6.61 Å².